The highest BCUT2D eigenvalue weighted by atomic mass is 16.5. The van der Waals surface area contributed by atoms with Gasteiger partial charge in [0.05, 0.1) is 5.39 Å². The van der Waals surface area contributed by atoms with Crippen molar-refractivity contribution in [1.82, 2.24) is 33.0 Å². The standard InChI is InChI=1S/C21H24N8O4/c1-9-7-14-13-5-6-16(31-11(3)19-22-26-27-23-19)10(2)18(13)33-21(30)15(14)8-17(9)32-12(4)20-24-28-29-25-20/h5-8,11-12,26-29H,1-4H3,(H,22,23)(H,24,25). The summed E-state index contributed by atoms with van der Waals surface area (Å²) >= 11 is 0. The number of ether oxygens (including phenoxy) is 2. The van der Waals surface area contributed by atoms with Crippen LogP contribution >= 0.6 is 0 Å². The lowest BCUT2D eigenvalue weighted by molar-refractivity contribution is 0.280. The van der Waals surface area contributed by atoms with Gasteiger partial charge in [-0.25, -0.2) is 15.9 Å². The molecular formula is C21H24N8O4. The topological polar surface area (TPSA) is 146 Å². The number of benzene rings is 2. The number of hydrazine groups is 4. The maximum Gasteiger partial charge on any atom is 0.344 e. The van der Waals surface area contributed by atoms with Crippen molar-refractivity contribution in [3.63, 3.8) is 0 Å². The molecule has 33 heavy (non-hydrogen) atoms. The van der Waals surface area contributed by atoms with E-state index in [4.69, 9.17) is 13.9 Å². The lowest BCUT2D eigenvalue weighted by Gasteiger charge is -2.18. The molecule has 0 amide bonds. The van der Waals surface area contributed by atoms with Crippen molar-refractivity contribution in [3.8, 4) is 11.5 Å². The van der Waals surface area contributed by atoms with Crippen molar-refractivity contribution in [2.24, 2.45) is 10.2 Å². The molecule has 2 unspecified atom stereocenters. The molecule has 3 aromatic rings. The van der Waals surface area contributed by atoms with Gasteiger partial charge in [0.25, 0.3) is 0 Å². The Kier molecular flexibility index (Phi) is 5.15. The first-order valence-corrected chi connectivity index (χ1v) is 10.4. The normalized spacial score (nSPS) is 16.8. The molecule has 0 bridgehead atoms. The summed E-state index contributed by atoms with van der Waals surface area (Å²) in [6.07, 6.45) is -0.700. The summed E-state index contributed by atoms with van der Waals surface area (Å²) in [7, 11) is 0. The highest BCUT2D eigenvalue weighted by molar-refractivity contribution is 6.06. The van der Waals surface area contributed by atoms with Gasteiger partial charge in [-0.15, -0.1) is 21.3 Å². The lowest BCUT2D eigenvalue weighted by Crippen LogP contribution is -2.40. The van der Waals surface area contributed by atoms with Gasteiger partial charge in [-0.3, -0.25) is 10.9 Å². The second-order valence-electron chi connectivity index (χ2n) is 7.86. The molecule has 12 nitrogen and oxygen atoms in total. The van der Waals surface area contributed by atoms with Crippen molar-refractivity contribution in [2.45, 2.75) is 39.9 Å². The Hall–Kier alpha value is -4.03. The van der Waals surface area contributed by atoms with Gasteiger partial charge < -0.3 is 13.9 Å². The van der Waals surface area contributed by atoms with Crippen LogP contribution in [0.15, 0.2) is 43.7 Å². The van der Waals surface area contributed by atoms with Gasteiger partial charge >= 0.3 is 5.63 Å². The van der Waals surface area contributed by atoms with Crippen LogP contribution in [0.5, 0.6) is 11.5 Å². The number of nitrogens with one attached hydrogen (secondary N) is 6. The van der Waals surface area contributed by atoms with E-state index in [0.29, 0.717) is 34.1 Å². The third-order valence-corrected chi connectivity index (χ3v) is 5.60. The molecule has 172 valence electrons. The quantitative estimate of drug-likeness (QED) is 0.236. The van der Waals surface area contributed by atoms with Gasteiger partial charge in [-0.05, 0) is 57.5 Å². The SMILES string of the molecule is Cc1cc2c(cc1OC(C)C1=NNNN1)c(=O)oc1c(C)c(OC(C)C3=NNNN3)ccc12. The molecule has 3 heterocycles. The molecule has 0 aliphatic carbocycles. The maximum atomic E-state index is 12.9. The molecule has 2 aliphatic heterocycles. The number of rotatable bonds is 6. The number of nitrogens with zero attached hydrogens (tertiary/aromatic N) is 2. The molecule has 0 spiro atoms. The van der Waals surface area contributed by atoms with E-state index in [0.717, 1.165) is 21.9 Å². The molecule has 1 aromatic heterocycles. The fourth-order valence-electron chi connectivity index (χ4n) is 3.79. The van der Waals surface area contributed by atoms with E-state index in [1.807, 2.05) is 45.9 Å². The molecule has 0 saturated carbocycles. The van der Waals surface area contributed by atoms with E-state index in [9.17, 15) is 4.79 Å². The van der Waals surface area contributed by atoms with Gasteiger partial charge in [0.1, 0.15) is 17.1 Å². The van der Waals surface area contributed by atoms with E-state index >= 15 is 0 Å². The zero-order chi connectivity index (χ0) is 23.1. The van der Waals surface area contributed by atoms with E-state index in [1.165, 1.54) is 0 Å². The average Bonchev–Trinajstić information content (AvgIpc) is 3.51. The van der Waals surface area contributed by atoms with Crippen LogP contribution in [-0.4, -0.2) is 23.9 Å². The fourth-order valence-corrected chi connectivity index (χ4v) is 3.79. The predicted molar refractivity (Wildman–Crippen MR) is 123 cm³/mol. The first kappa shape index (κ1) is 20.8. The predicted octanol–water partition coefficient (Wildman–Crippen LogP) is 0.949. The smallest absolute Gasteiger partial charge is 0.344 e. The number of aryl methyl sites for hydroxylation is 2. The van der Waals surface area contributed by atoms with Crippen LogP contribution in [0.2, 0.25) is 0 Å². The molecule has 2 aromatic carbocycles. The molecule has 5 rings (SSSR count). The van der Waals surface area contributed by atoms with Crippen molar-refractivity contribution >= 4 is 33.4 Å². The van der Waals surface area contributed by atoms with Crippen molar-refractivity contribution < 1.29 is 13.9 Å². The van der Waals surface area contributed by atoms with Crippen LogP contribution in [0.25, 0.3) is 21.7 Å². The van der Waals surface area contributed by atoms with Crippen molar-refractivity contribution in [3.05, 3.63) is 45.8 Å². The Morgan fingerprint density at radius 2 is 1.48 bits per heavy atom. The summed E-state index contributed by atoms with van der Waals surface area (Å²) < 4.78 is 17.8. The summed E-state index contributed by atoms with van der Waals surface area (Å²) in [5, 5.41) is 10.2. The van der Waals surface area contributed by atoms with Gasteiger partial charge in [-0.2, -0.15) is 0 Å². The minimum absolute atomic E-state index is 0.343. The van der Waals surface area contributed by atoms with E-state index in [1.54, 1.807) is 6.07 Å². The zero-order valence-corrected chi connectivity index (χ0v) is 18.5. The van der Waals surface area contributed by atoms with Crippen molar-refractivity contribution in [2.75, 3.05) is 0 Å². The highest BCUT2D eigenvalue weighted by Gasteiger charge is 2.21. The summed E-state index contributed by atoms with van der Waals surface area (Å²) in [5.41, 5.74) is 18.0. The van der Waals surface area contributed by atoms with Crippen LogP contribution in [-0.2, 0) is 0 Å². The minimum atomic E-state index is -0.446. The number of fused-ring (bicyclic) bond motifs is 3. The lowest BCUT2D eigenvalue weighted by atomic mass is 10.0. The van der Waals surface area contributed by atoms with Gasteiger partial charge in [0.2, 0.25) is 0 Å². The van der Waals surface area contributed by atoms with Gasteiger partial charge in [0, 0.05) is 16.3 Å². The molecule has 2 aliphatic rings. The van der Waals surface area contributed by atoms with Crippen LogP contribution in [0.4, 0.5) is 0 Å². The molecular weight excluding hydrogens is 428 g/mol. The van der Waals surface area contributed by atoms with Crippen LogP contribution in [0.3, 0.4) is 0 Å². The first-order valence-electron chi connectivity index (χ1n) is 10.4. The van der Waals surface area contributed by atoms with E-state index in [-0.39, 0.29) is 12.2 Å². The van der Waals surface area contributed by atoms with Crippen molar-refractivity contribution in [1.29, 1.82) is 0 Å². The first-order chi connectivity index (χ1) is 15.9. The largest absolute Gasteiger partial charge is 0.482 e. The number of amidine groups is 2. The minimum Gasteiger partial charge on any atom is -0.482 e. The zero-order valence-electron chi connectivity index (χ0n) is 18.5. The van der Waals surface area contributed by atoms with Crippen LogP contribution < -0.4 is 48.1 Å². The van der Waals surface area contributed by atoms with E-state index < -0.39 is 5.63 Å². The van der Waals surface area contributed by atoms with Gasteiger partial charge in [-0.1, -0.05) is 0 Å². The highest BCUT2D eigenvalue weighted by Crippen LogP contribution is 2.34. The molecule has 0 radical (unpaired) electrons. The number of hydrogen-bond donors (Lipinski definition) is 6. The molecule has 0 fully saturated rings. The van der Waals surface area contributed by atoms with Crippen LogP contribution in [0, 0.1) is 13.8 Å². The monoisotopic (exact) mass is 452 g/mol. The Labute approximate surface area is 188 Å². The Bertz CT molecular complexity index is 1370. The Balaban J connectivity index is 1.53. The molecule has 6 N–H and O–H groups in total. The molecule has 12 heteroatoms. The summed E-state index contributed by atoms with van der Waals surface area (Å²) in [6, 6.07) is 7.42. The Morgan fingerprint density at radius 1 is 0.848 bits per heavy atom. The summed E-state index contributed by atoms with van der Waals surface area (Å²) in [4.78, 5) is 12.9. The number of hydrogen-bond acceptors (Lipinski definition) is 12. The second kappa shape index (κ2) is 8.15. The molecule has 0 saturated heterocycles. The Morgan fingerprint density at radius 3 is 2.09 bits per heavy atom. The fraction of sp³-hybridized carbons (Fsp3) is 0.286. The van der Waals surface area contributed by atoms with E-state index in [2.05, 4.69) is 43.2 Å². The average molecular weight is 452 g/mol. The summed E-state index contributed by atoms with van der Waals surface area (Å²) in [6.45, 7) is 7.53. The maximum absolute atomic E-state index is 12.9. The van der Waals surface area contributed by atoms with Crippen LogP contribution in [0.1, 0.15) is 25.0 Å². The van der Waals surface area contributed by atoms with Gasteiger partial charge in [0.15, 0.2) is 23.9 Å². The number of hydrazone groups is 2. The third kappa shape index (κ3) is 3.75. The summed E-state index contributed by atoms with van der Waals surface area (Å²) in [5.74, 6) is 2.39. The second-order valence-corrected chi connectivity index (χ2v) is 7.86. The third-order valence-electron chi connectivity index (χ3n) is 5.60. The molecule has 2 atom stereocenters.